The van der Waals surface area contributed by atoms with Gasteiger partial charge in [0.1, 0.15) is 13.1 Å². The quantitative estimate of drug-likeness (QED) is 0.715. The number of hydrogen-bond donors (Lipinski definition) is 1. The highest BCUT2D eigenvalue weighted by Gasteiger charge is 2.12. The average Bonchev–Trinajstić information content (AvgIpc) is 2.53. The standard InChI is InChI=1S/C11H17NO2S/c1-9(2)6-12(8-11(13)14)7-10-4-3-5-15-10/h3-5,9H,6-8H2,1-2H3,(H,13,14). The van der Waals surface area contributed by atoms with Crippen LogP contribution in [0.5, 0.6) is 0 Å². The van der Waals surface area contributed by atoms with Gasteiger partial charge >= 0.3 is 0 Å². The predicted molar refractivity (Wildman–Crippen MR) is 58.6 cm³/mol. The Bertz CT molecular complexity index is 296. The second-order valence-corrected chi connectivity index (χ2v) is 5.19. The summed E-state index contributed by atoms with van der Waals surface area (Å²) >= 11 is 1.67. The first-order valence-corrected chi connectivity index (χ1v) is 6.01. The summed E-state index contributed by atoms with van der Waals surface area (Å²) < 4.78 is 0. The summed E-state index contributed by atoms with van der Waals surface area (Å²) in [5, 5.41) is 12.6. The van der Waals surface area contributed by atoms with E-state index >= 15 is 0 Å². The minimum atomic E-state index is -0.970. The van der Waals surface area contributed by atoms with Crippen LogP contribution in [0.15, 0.2) is 17.5 Å². The topological polar surface area (TPSA) is 44.6 Å². The zero-order chi connectivity index (χ0) is 11.3. The Kier molecular flexibility index (Phi) is 4.78. The molecule has 1 heterocycles. The summed E-state index contributed by atoms with van der Waals surface area (Å²) in [6, 6.07) is 4.03. The molecule has 0 aliphatic rings. The van der Waals surface area contributed by atoms with Crippen molar-refractivity contribution in [1.82, 2.24) is 0 Å². The Labute approximate surface area is 94.3 Å². The van der Waals surface area contributed by atoms with Crippen LogP contribution >= 0.6 is 11.3 Å². The first-order chi connectivity index (χ1) is 7.08. The molecule has 1 N–H and O–H groups in total. The molecule has 84 valence electrons. The van der Waals surface area contributed by atoms with Crippen molar-refractivity contribution in [2.75, 3.05) is 13.1 Å². The maximum Gasteiger partial charge on any atom is 0.118 e. The number of carboxylic acid groups (broad SMARTS) is 1. The van der Waals surface area contributed by atoms with Crippen LogP contribution < -0.4 is 10.0 Å². The maximum atomic E-state index is 10.6. The number of nitrogens with one attached hydrogen (secondary N) is 1. The molecule has 0 radical (unpaired) electrons. The Morgan fingerprint density at radius 3 is 2.80 bits per heavy atom. The van der Waals surface area contributed by atoms with Gasteiger partial charge in [0, 0.05) is 5.92 Å². The van der Waals surface area contributed by atoms with Gasteiger partial charge < -0.3 is 14.8 Å². The van der Waals surface area contributed by atoms with Crippen molar-refractivity contribution in [2.24, 2.45) is 5.92 Å². The first-order valence-electron chi connectivity index (χ1n) is 5.13. The van der Waals surface area contributed by atoms with E-state index in [-0.39, 0.29) is 6.54 Å². The fourth-order valence-corrected chi connectivity index (χ4v) is 2.42. The zero-order valence-corrected chi connectivity index (χ0v) is 9.97. The molecule has 0 aromatic carbocycles. The third-order valence-corrected chi connectivity index (χ3v) is 2.97. The number of quaternary nitrogens is 1. The molecule has 1 aromatic rings. The summed E-state index contributed by atoms with van der Waals surface area (Å²) in [5.74, 6) is -0.471. The fraction of sp³-hybridized carbons (Fsp3) is 0.545. The van der Waals surface area contributed by atoms with Crippen LogP contribution in [0.1, 0.15) is 18.7 Å². The highest BCUT2D eigenvalue weighted by Crippen LogP contribution is 2.06. The van der Waals surface area contributed by atoms with Gasteiger partial charge in [0.15, 0.2) is 0 Å². The molecule has 0 amide bonds. The normalized spacial score (nSPS) is 13.0. The molecule has 1 atom stereocenters. The first kappa shape index (κ1) is 12.2. The number of thiophene rings is 1. The molecule has 1 aromatic heterocycles. The SMILES string of the molecule is CC(C)C[NH+](CC(=O)[O-])Cc1cccs1. The third-order valence-electron chi connectivity index (χ3n) is 2.10. The molecule has 0 saturated heterocycles. The molecule has 15 heavy (non-hydrogen) atoms. The molecule has 3 nitrogen and oxygen atoms in total. The third kappa shape index (κ3) is 4.95. The number of carboxylic acids is 1. The van der Waals surface area contributed by atoms with E-state index in [4.69, 9.17) is 0 Å². The van der Waals surface area contributed by atoms with Crippen LogP contribution in [-0.2, 0) is 11.3 Å². The fourth-order valence-electron chi connectivity index (χ4n) is 1.65. The molecule has 1 unspecified atom stereocenters. The lowest BCUT2D eigenvalue weighted by molar-refractivity contribution is -0.910. The number of carbonyl (C=O) groups is 1. The highest BCUT2D eigenvalue weighted by molar-refractivity contribution is 7.09. The van der Waals surface area contributed by atoms with Gasteiger partial charge in [-0.15, -0.1) is 11.3 Å². The van der Waals surface area contributed by atoms with Gasteiger partial charge in [-0.3, -0.25) is 0 Å². The summed E-state index contributed by atoms with van der Waals surface area (Å²) in [6.45, 7) is 5.94. The van der Waals surface area contributed by atoms with Crippen LogP contribution in [0.25, 0.3) is 0 Å². The van der Waals surface area contributed by atoms with Gasteiger partial charge in [0.2, 0.25) is 0 Å². The molecule has 0 fully saturated rings. The van der Waals surface area contributed by atoms with E-state index in [1.165, 1.54) is 4.88 Å². The number of aliphatic carboxylic acids is 1. The van der Waals surface area contributed by atoms with Gasteiger partial charge in [-0.2, -0.15) is 0 Å². The number of hydrogen-bond acceptors (Lipinski definition) is 3. The summed E-state index contributed by atoms with van der Waals surface area (Å²) in [6.07, 6.45) is 0. The van der Waals surface area contributed by atoms with Crippen molar-refractivity contribution in [3.8, 4) is 0 Å². The van der Waals surface area contributed by atoms with E-state index in [0.29, 0.717) is 5.92 Å². The molecule has 0 aliphatic heterocycles. The van der Waals surface area contributed by atoms with E-state index in [1.54, 1.807) is 11.3 Å². The van der Waals surface area contributed by atoms with Crippen LogP contribution in [0.3, 0.4) is 0 Å². The van der Waals surface area contributed by atoms with E-state index in [1.807, 2.05) is 17.5 Å². The molecular weight excluding hydrogens is 210 g/mol. The van der Waals surface area contributed by atoms with Crippen LogP contribution in [-0.4, -0.2) is 19.1 Å². The summed E-state index contributed by atoms with van der Waals surface area (Å²) in [4.78, 5) is 12.9. The molecule has 0 spiro atoms. The van der Waals surface area contributed by atoms with E-state index < -0.39 is 5.97 Å². The molecule has 0 bridgehead atoms. The van der Waals surface area contributed by atoms with Crippen molar-refractivity contribution in [2.45, 2.75) is 20.4 Å². The lowest BCUT2D eigenvalue weighted by Gasteiger charge is -2.21. The van der Waals surface area contributed by atoms with Gasteiger partial charge in [0.25, 0.3) is 0 Å². The van der Waals surface area contributed by atoms with Crippen LogP contribution in [0.4, 0.5) is 0 Å². The van der Waals surface area contributed by atoms with Crippen molar-refractivity contribution >= 4 is 17.3 Å². The van der Waals surface area contributed by atoms with Crippen molar-refractivity contribution in [3.63, 3.8) is 0 Å². The van der Waals surface area contributed by atoms with Gasteiger partial charge in [-0.1, -0.05) is 19.9 Å². The minimum Gasteiger partial charge on any atom is -0.544 e. The van der Waals surface area contributed by atoms with Crippen molar-refractivity contribution < 1.29 is 14.8 Å². The van der Waals surface area contributed by atoms with Gasteiger partial charge in [0.05, 0.1) is 17.4 Å². The average molecular weight is 227 g/mol. The van der Waals surface area contributed by atoms with Crippen LogP contribution in [0.2, 0.25) is 0 Å². The second-order valence-electron chi connectivity index (χ2n) is 4.15. The Hall–Kier alpha value is -0.870. The molecule has 4 heteroatoms. The molecule has 0 saturated carbocycles. The largest absolute Gasteiger partial charge is 0.544 e. The van der Waals surface area contributed by atoms with Crippen molar-refractivity contribution in [1.29, 1.82) is 0 Å². The monoisotopic (exact) mass is 227 g/mol. The number of rotatable bonds is 6. The highest BCUT2D eigenvalue weighted by atomic mass is 32.1. The number of carbonyl (C=O) groups excluding carboxylic acids is 1. The van der Waals surface area contributed by atoms with E-state index in [2.05, 4.69) is 13.8 Å². The Morgan fingerprint density at radius 1 is 1.60 bits per heavy atom. The lowest BCUT2D eigenvalue weighted by atomic mass is 10.2. The summed E-state index contributed by atoms with van der Waals surface area (Å²) in [5.41, 5.74) is 0. The molecular formula is C11H17NO2S. The second kappa shape index (κ2) is 5.88. The lowest BCUT2D eigenvalue weighted by Crippen LogP contribution is -3.12. The van der Waals surface area contributed by atoms with Crippen LogP contribution in [0, 0.1) is 5.92 Å². The predicted octanol–water partition coefficient (Wildman–Crippen LogP) is -0.461. The van der Waals surface area contributed by atoms with Crippen molar-refractivity contribution in [3.05, 3.63) is 22.4 Å². The summed E-state index contributed by atoms with van der Waals surface area (Å²) in [7, 11) is 0. The van der Waals surface area contributed by atoms with E-state index in [9.17, 15) is 9.90 Å². The molecule has 1 rings (SSSR count). The minimum absolute atomic E-state index is 0.0933. The maximum absolute atomic E-state index is 10.6. The molecule has 0 aliphatic carbocycles. The van der Waals surface area contributed by atoms with Gasteiger partial charge in [-0.25, -0.2) is 0 Å². The Morgan fingerprint density at radius 2 is 2.33 bits per heavy atom. The zero-order valence-electron chi connectivity index (χ0n) is 9.16. The van der Waals surface area contributed by atoms with E-state index in [0.717, 1.165) is 18.0 Å². The smallest absolute Gasteiger partial charge is 0.118 e. The van der Waals surface area contributed by atoms with Gasteiger partial charge in [-0.05, 0) is 11.4 Å². The Balaban J connectivity index is 2.52.